The molecular formula is C15H9ClF6O2. The normalized spacial score (nSPS) is 12.3. The standard InChI is InChI=1S/C15H9ClF6O2/c16-13(9-1-5-11(6-2-9)23-14(17,18)19)10-3-7-12(8-4-10)24-15(20,21)22/h1-8,13H. The van der Waals surface area contributed by atoms with Crippen molar-refractivity contribution in [3.8, 4) is 11.5 Å². The second kappa shape index (κ2) is 6.80. The zero-order valence-electron chi connectivity index (χ0n) is 11.7. The molecule has 9 heteroatoms. The lowest BCUT2D eigenvalue weighted by molar-refractivity contribution is -0.275. The van der Waals surface area contributed by atoms with E-state index in [2.05, 4.69) is 9.47 Å². The zero-order valence-corrected chi connectivity index (χ0v) is 12.4. The highest BCUT2D eigenvalue weighted by Gasteiger charge is 2.31. The summed E-state index contributed by atoms with van der Waals surface area (Å²) >= 11 is 6.18. The summed E-state index contributed by atoms with van der Waals surface area (Å²) in [5.74, 6) is -0.798. The second-order valence-electron chi connectivity index (χ2n) is 4.60. The van der Waals surface area contributed by atoms with Crippen LogP contribution < -0.4 is 9.47 Å². The molecule has 0 saturated heterocycles. The van der Waals surface area contributed by atoms with Crippen molar-refractivity contribution >= 4 is 11.6 Å². The summed E-state index contributed by atoms with van der Waals surface area (Å²) in [5, 5.41) is -0.759. The largest absolute Gasteiger partial charge is 0.573 e. The minimum Gasteiger partial charge on any atom is -0.406 e. The molecule has 24 heavy (non-hydrogen) atoms. The van der Waals surface area contributed by atoms with Gasteiger partial charge in [0.05, 0.1) is 5.38 Å². The average molecular weight is 371 g/mol. The molecule has 0 N–H and O–H groups in total. The summed E-state index contributed by atoms with van der Waals surface area (Å²) in [6.45, 7) is 0. The number of rotatable bonds is 4. The minimum atomic E-state index is -4.80. The van der Waals surface area contributed by atoms with Crippen molar-refractivity contribution < 1.29 is 35.8 Å². The van der Waals surface area contributed by atoms with E-state index in [-0.39, 0.29) is 0 Å². The molecular weight excluding hydrogens is 362 g/mol. The van der Waals surface area contributed by atoms with Crippen LogP contribution in [0.1, 0.15) is 16.5 Å². The van der Waals surface area contributed by atoms with Crippen molar-refractivity contribution in [3.63, 3.8) is 0 Å². The first kappa shape index (κ1) is 18.3. The van der Waals surface area contributed by atoms with Gasteiger partial charge in [-0.2, -0.15) is 0 Å². The third kappa shape index (κ3) is 5.52. The molecule has 2 rings (SSSR count). The van der Waals surface area contributed by atoms with Crippen LogP contribution in [-0.4, -0.2) is 12.7 Å². The number of halogens is 7. The lowest BCUT2D eigenvalue weighted by Gasteiger charge is -2.14. The first-order chi connectivity index (χ1) is 11.0. The highest BCUT2D eigenvalue weighted by molar-refractivity contribution is 6.22. The Bertz CT molecular complexity index is 605. The summed E-state index contributed by atoms with van der Waals surface area (Å²) in [6, 6.07) is 9.72. The Morgan fingerprint density at radius 2 is 0.917 bits per heavy atom. The van der Waals surface area contributed by atoms with Crippen LogP contribution in [0.5, 0.6) is 11.5 Å². The fraction of sp³-hybridized carbons (Fsp3) is 0.200. The molecule has 0 unspecified atom stereocenters. The summed E-state index contributed by atoms with van der Waals surface area (Å²) < 4.78 is 80.0. The van der Waals surface area contributed by atoms with Crippen LogP contribution in [0.3, 0.4) is 0 Å². The van der Waals surface area contributed by atoms with Gasteiger partial charge in [-0.15, -0.1) is 37.9 Å². The number of hydrogen-bond acceptors (Lipinski definition) is 2. The Labute approximate surface area is 137 Å². The molecule has 0 heterocycles. The average Bonchev–Trinajstić information content (AvgIpc) is 2.45. The SMILES string of the molecule is FC(F)(F)Oc1ccc(C(Cl)c2ccc(OC(F)(F)F)cc2)cc1. The molecule has 0 amide bonds. The van der Waals surface area contributed by atoms with Crippen molar-refractivity contribution in [1.82, 2.24) is 0 Å². The topological polar surface area (TPSA) is 18.5 Å². The maximum absolute atomic E-state index is 12.1. The second-order valence-corrected chi connectivity index (χ2v) is 5.03. The lowest BCUT2D eigenvalue weighted by atomic mass is 10.0. The number of hydrogen-bond donors (Lipinski definition) is 0. The fourth-order valence-electron chi connectivity index (χ4n) is 1.87. The summed E-state index contributed by atoms with van der Waals surface area (Å²) in [6.07, 6.45) is -9.59. The van der Waals surface area contributed by atoms with Crippen molar-refractivity contribution in [2.24, 2.45) is 0 Å². The molecule has 2 nitrogen and oxygen atoms in total. The molecule has 0 spiro atoms. The van der Waals surface area contributed by atoms with Gasteiger partial charge in [-0.05, 0) is 35.4 Å². The van der Waals surface area contributed by atoms with Gasteiger partial charge in [0.2, 0.25) is 0 Å². The Hall–Kier alpha value is -2.09. The van der Waals surface area contributed by atoms with Crippen LogP contribution in [0.4, 0.5) is 26.3 Å². The van der Waals surface area contributed by atoms with Crippen molar-refractivity contribution in [3.05, 3.63) is 59.7 Å². The Balaban J connectivity index is 2.09. The molecule has 0 aromatic heterocycles. The highest BCUT2D eigenvalue weighted by Crippen LogP contribution is 2.32. The summed E-state index contributed by atoms with van der Waals surface area (Å²) in [7, 11) is 0. The molecule has 0 radical (unpaired) electrons. The monoisotopic (exact) mass is 370 g/mol. The van der Waals surface area contributed by atoms with Crippen molar-refractivity contribution in [2.75, 3.05) is 0 Å². The molecule has 130 valence electrons. The van der Waals surface area contributed by atoms with E-state index in [9.17, 15) is 26.3 Å². The molecule has 2 aromatic carbocycles. The van der Waals surface area contributed by atoms with E-state index in [1.807, 2.05) is 0 Å². The van der Waals surface area contributed by atoms with Gasteiger partial charge in [0, 0.05) is 0 Å². The third-order valence-electron chi connectivity index (χ3n) is 2.81. The first-order valence-electron chi connectivity index (χ1n) is 6.39. The van der Waals surface area contributed by atoms with Gasteiger partial charge in [-0.25, -0.2) is 0 Å². The highest BCUT2D eigenvalue weighted by atomic mass is 35.5. The van der Waals surface area contributed by atoms with E-state index < -0.39 is 29.6 Å². The quantitative estimate of drug-likeness (QED) is 0.499. The molecule has 0 bridgehead atoms. The van der Waals surface area contributed by atoms with E-state index in [4.69, 9.17) is 11.6 Å². The van der Waals surface area contributed by atoms with Gasteiger partial charge in [-0.3, -0.25) is 0 Å². The Kier molecular flexibility index (Phi) is 5.17. The van der Waals surface area contributed by atoms with E-state index in [1.54, 1.807) is 0 Å². The molecule has 0 aliphatic heterocycles. The molecule has 0 aliphatic rings. The van der Waals surface area contributed by atoms with E-state index >= 15 is 0 Å². The van der Waals surface area contributed by atoms with Crippen LogP contribution in [0.2, 0.25) is 0 Å². The van der Waals surface area contributed by atoms with Gasteiger partial charge >= 0.3 is 12.7 Å². The van der Waals surface area contributed by atoms with E-state index in [0.717, 1.165) is 24.3 Å². The lowest BCUT2D eigenvalue weighted by Crippen LogP contribution is -2.17. The van der Waals surface area contributed by atoms with Crippen LogP contribution in [0.25, 0.3) is 0 Å². The maximum atomic E-state index is 12.1. The fourth-order valence-corrected chi connectivity index (χ4v) is 2.16. The Morgan fingerprint density at radius 3 is 1.17 bits per heavy atom. The molecule has 0 fully saturated rings. The third-order valence-corrected chi connectivity index (χ3v) is 3.32. The van der Waals surface area contributed by atoms with Gasteiger partial charge in [0.15, 0.2) is 0 Å². The van der Waals surface area contributed by atoms with Crippen LogP contribution in [0.15, 0.2) is 48.5 Å². The smallest absolute Gasteiger partial charge is 0.406 e. The molecule has 0 atom stereocenters. The molecule has 2 aromatic rings. The van der Waals surface area contributed by atoms with Crippen molar-refractivity contribution in [2.45, 2.75) is 18.1 Å². The van der Waals surface area contributed by atoms with Gasteiger partial charge in [0.1, 0.15) is 11.5 Å². The van der Waals surface area contributed by atoms with Gasteiger partial charge in [0.25, 0.3) is 0 Å². The number of ether oxygens (including phenoxy) is 2. The van der Waals surface area contributed by atoms with Gasteiger partial charge in [-0.1, -0.05) is 24.3 Å². The van der Waals surface area contributed by atoms with E-state index in [0.29, 0.717) is 11.1 Å². The number of benzene rings is 2. The Morgan fingerprint density at radius 1 is 0.625 bits per heavy atom. The summed E-state index contributed by atoms with van der Waals surface area (Å²) in [4.78, 5) is 0. The zero-order chi connectivity index (χ0) is 18.0. The number of alkyl halides is 7. The van der Waals surface area contributed by atoms with Crippen LogP contribution in [-0.2, 0) is 0 Å². The predicted molar refractivity (Wildman–Crippen MR) is 73.9 cm³/mol. The first-order valence-corrected chi connectivity index (χ1v) is 6.83. The predicted octanol–water partition coefficient (Wildman–Crippen LogP) is 5.81. The molecule has 0 saturated carbocycles. The van der Waals surface area contributed by atoms with Crippen molar-refractivity contribution in [1.29, 1.82) is 0 Å². The summed E-state index contributed by atoms with van der Waals surface area (Å²) in [5.41, 5.74) is 0.909. The van der Waals surface area contributed by atoms with E-state index in [1.165, 1.54) is 24.3 Å². The maximum Gasteiger partial charge on any atom is 0.573 e. The van der Waals surface area contributed by atoms with Crippen LogP contribution in [0, 0.1) is 0 Å². The molecule has 0 aliphatic carbocycles. The minimum absolute atomic E-state index is 0.399. The van der Waals surface area contributed by atoms with Crippen LogP contribution >= 0.6 is 11.6 Å². The van der Waals surface area contributed by atoms with Gasteiger partial charge < -0.3 is 9.47 Å².